The van der Waals surface area contributed by atoms with Gasteiger partial charge in [0.05, 0.1) is 20.8 Å². The summed E-state index contributed by atoms with van der Waals surface area (Å²) in [7, 11) is 2.32. The van der Waals surface area contributed by atoms with Gasteiger partial charge in [0, 0.05) is 18.2 Å². The van der Waals surface area contributed by atoms with Gasteiger partial charge in [0.15, 0.2) is 0 Å². The van der Waals surface area contributed by atoms with Crippen molar-refractivity contribution in [3.05, 3.63) is 71.8 Å². The largest absolute Gasteiger partial charge is 0.497 e. The van der Waals surface area contributed by atoms with Crippen molar-refractivity contribution in [2.24, 2.45) is 0 Å². The minimum absolute atomic E-state index is 0.0913. The van der Waals surface area contributed by atoms with Crippen LogP contribution in [-0.4, -0.2) is 32.3 Å². The predicted octanol–water partition coefficient (Wildman–Crippen LogP) is 3.16. The number of amides is 1. The summed E-state index contributed by atoms with van der Waals surface area (Å²) in [4.78, 5) is 12.6. The van der Waals surface area contributed by atoms with Crippen molar-refractivity contribution in [1.29, 1.82) is 0 Å². The number of carbonyl (C=O) groups is 1. The lowest BCUT2D eigenvalue weighted by Gasteiger charge is -2.11. The van der Waals surface area contributed by atoms with Crippen molar-refractivity contribution in [2.45, 2.75) is 19.4 Å². The quantitative estimate of drug-likeness (QED) is 0.578. The molecule has 31 heavy (non-hydrogen) atoms. The zero-order valence-corrected chi connectivity index (χ0v) is 17.6. The molecular formula is C24H24BNO5. The van der Waals surface area contributed by atoms with Crippen LogP contribution in [0.15, 0.2) is 60.7 Å². The first-order valence-electron chi connectivity index (χ1n) is 10.1. The number of carbonyl (C=O) groups excluding carboxylic acids is 1. The molecule has 0 atom stereocenters. The maximum absolute atomic E-state index is 12.6. The van der Waals surface area contributed by atoms with Gasteiger partial charge < -0.3 is 24.5 Å². The number of rotatable bonds is 7. The summed E-state index contributed by atoms with van der Waals surface area (Å²) in [6.45, 7) is 0.401. The summed E-state index contributed by atoms with van der Waals surface area (Å²) in [6.07, 6.45) is 0.836. The van der Waals surface area contributed by atoms with Crippen LogP contribution in [0.5, 0.6) is 11.5 Å². The lowest BCUT2D eigenvalue weighted by Crippen LogP contribution is -2.31. The van der Waals surface area contributed by atoms with Gasteiger partial charge >= 0.3 is 7.12 Å². The average molecular weight is 417 g/mol. The van der Waals surface area contributed by atoms with Crippen LogP contribution in [0.3, 0.4) is 0 Å². The van der Waals surface area contributed by atoms with Crippen molar-refractivity contribution in [3.8, 4) is 22.6 Å². The number of methoxy groups -OCH3 is 2. The maximum Gasteiger partial charge on any atom is 0.492 e. The summed E-state index contributed by atoms with van der Waals surface area (Å²) >= 11 is 0. The number of aryl methyl sites for hydroxylation is 1. The molecule has 3 aromatic carbocycles. The van der Waals surface area contributed by atoms with Gasteiger partial charge in [-0.15, -0.1) is 0 Å². The van der Waals surface area contributed by atoms with Crippen molar-refractivity contribution in [1.82, 2.24) is 0 Å². The number of nitrogens with one attached hydrogen (secondary N) is 1. The molecule has 0 fully saturated rings. The Bertz CT molecular complexity index is 1080. The second-order valence-corrected chi connectivity index (χ2v) is 7.38. The number of hydrogen-bond donors (Lipinski definition) is 2. The zero-order valence-electron chi connectivity index (χ0n) is 17.6. The average Bonchev–Trinajstić information content (AvgIpc) is 3.19. The first-order valence-corrected chi connectivity index (χ1v) is 10.1. The van der Waals surface area contributed by atoms with Gasteiger partial charge in [-0.05, 0) is 58.4 Å². The van der Waals surface area contributed by atoms with E-state index in [0.717, 1.165) is 27.7 Å². The van der Waals surface area contributed by atoms with E-state index in [-0.39, 0.29) is 5.91 Å². The van der Waals surface area contributed by atoms with Gasteiger partial charge in [-0.25, -0.2) is 0 Å². The number of benzene rings is 3. The molecule has 7 heteroatoms. The highest BCUT2D eigenvalue weighted by molar-refractivity contribution is 6.62. The Kier molecular flexibility index (Phi) is 6.25. The normalized spacial score (nSPS) is 12.4. The molecule has 0 saturated heterocycles. The fourth-order valence-electron chi connectivity index (χ4n) is 3.80. The monoisotopic (exact) mass is 417 g/mol. The number of fused-ring (bicyclic) bond motifs is 1. The van der Waals surface area contributed by atoms with E-state index in [1.807, 2.05) is 60.7 Å². The Morgan fingerprint density at radius 3 is 2.52 bits per heavy atom. The molecule has 2 N–H and O–H groups in total. The SMILES string of the molecule is COc1cc(OC)cc(-c2cccc(NC(=O)CCc3cccc4c3B(O)OC4)c2)c1. The molecule has 1 heterocycles. The Hall–Kier alpha value is -3.29. The van der Waals surface area contributed by atoms with Gasteiger partial charge in [-0.2, -0.15) is 0 Å². The van der Waals surface area contributed by atoms with Crippen LogP contribution in [-0.2, 0) is 22.5 Å². The van der Waals surface area contributed by atoms with E-state index in [9.17, 15) is 9.82 Å². The molecule has 0 bridgehead atoms. The highest BCUT2D eigenvalue weighted by atomic mass is 16.5. The van der Waals surface area contributed by atoms with Gasteiger partial charge in [0.2, 0.25) is 5.91 Å². The molecule has 0 spiro atoms. The van der Waals surface area contributed by atoms with Crippen molar-refractivity contribution < 1.29 is 23.9 Å². The van der Waals surface area contributed by atoms with Crippen molar-refractivity contribution in [3.63, 3.8) is 0 Å². The highest BCUT2D eigenvalue weighted by Gasteiger charge is 2.29. The first-order chi connectivity index (χ1) is 15.1. The molecule has 0 saturated carbocycles. The lowest BCUT2D eigenvalue weighted by molar-refractivity contribution is -0.116. The number of anilines is 1. The minimum atomic E-state index is -0.911. The van der Waals surface area contributed by atoms with E-state index in [4.69, 9.17) is 14.1 Å². The van der Waals surface area contributed by atoms with E-state index >= 15 is 0 Å². The van der Waals surface area contributed by atoms with Crippen molar-refractivity contribution in [2.75, 3.05) is 19.5 Å². The molecule has 1 aliphatic rings. The van der Waals surface area contributed by atoms with E-state index < -0.39 is 7.12 Å². The fourth-order valence-corrected chi connectivity index (χ4v) is 3.80. The zero-order chi connectivity index (χ0) is 21.8. The van der Waals surface area contributed by atoms with Gasteiger partial charge in [0.1, 0.15) is 11.5 Å². The molecule has 1 amide bonds. The van der Waals surface area contributed by atoms with Crippen LogP contribution in [0.4, 0.5) is 5.69 Å². The molecule has 4 rings (SSSR count). The number of hydrogen-bond acceptors (Lipinski definition) is 5. The summed E-state index contributed by atoms with van der Waals surface area (Å²) in [5, 5.41) is 13.0. The van der Waals surface area contributed by atoms with Crippen LogP contribution >= 0.6 is 0 Å². The molecule has 1 aliphatic heterocycles. The second-order valence-electron chi connectivity index (χ2n) is 7.38. The van der Waals surface area contributed by atoms with Crippen LogP contribution in [0.2, 0.25) is 0 Å². The van der Waals surface area contributed by atoms with Gasteiger partial charge in [-0.1, -0.05) is 30.3 Å². The molecule has 3 aromatic rings. The number of ether oxygens (including phenoxy) is 2. The third-order valence-corrected chi connectivity index (χ3v) is 5.38. The maximum atomic E-state index is 12.6. The molecule has 6 nitrogen and oxygen atoms in total. The van der Waals surface area contributed by atoms with Crippen LogP contribution < -0.4 is 20.3 Å². The first kappa shape index (κ1) is 21.0. The Labute approximate surface area is 181 Å². The predicted molar refractivity (Wildman–Crippen MR) is 121 cm³/mol. The van der Waals surface area contributed by atoms with E-state index in [0.29, 0.717) is 36.6 Å². The Morgan fingerprint density at radius 1 is 1.03 bits per heavy atom. The third kappa shape index (κ3) is 4.73. The molecule has 0 aromatic heterocycles. The lowest BCUT2D eigenvalue weighted by atomic mass is 9.75. The van der Waals surface area contributed by atoms with Crippen LogP contribution in [0, 0.1) is 0 Å². The van der Waals surface area contributed by atoms with Crippen LogP contribution in [0.25, 0.3) is 11.1 Å². The van der Waals surface area contributed by atoms with E-state index in [1.54, 1.807) is 14.2 Å². The Balaban J connectivity index is 1.45. The molecule has 0 aliphatic carbocycles. The highest BCUT2D eigenvalue weighted by Crippen LogP contribution is 2.31. The standard InChI is InChI=1S/C24H24BNO5/c1-29-21-12-19(13-22(14-21)30-2)17-6-4-8-20(11-17)26-23(27)10-9-16-5-3-7-18-15-31-25(28)24(16)18/h3-8,11-14,28H,9-10,15H2,1-2H3,(H,26,27). The smallest absolute Gasteiger partial charge is 0.492 e. The van der Waals surface area contributed by atoms with Gasteiger partial charge in [0.25, 0.3) is 0 Å². The third-order valence-electron chi connectivity index (χ3n) is 5.38. The fraction of sp³-hybridized carbons (Fsp3) is 0.208. The molecule has 158 valence electrons. The summed E-state index contributed by atoms with van der Waals surface area (Å²) in [5.74, 6) is 1.31. The summed E-state index contributed by atoms with van der Waals surface area (Å²) in [6, 6.07) is 19.1. The van der Waals surface area contributed by atoms with E-state index in [1.165, 1.54) is 0 Å². The van der Waals surface area contributed by atoms with E-state index in [2.05, 4.69) is 5.32 Å². The Morgan fingerprint density at radius 2 is 1.77 bits per heavy atom. The van der Waals surface area contributed by atoms with Crippen LogP contribution in [0.1, 0.15) is 17.5 Å². The topological polar surface area (TPSA) is 77.0 Å². The van der Waals surface area contributed by atoms with Crippen molar-refractivity contribution >= 4 is 24.2 Å². The minimum Gasteiger partial charge on any atom is -0.497 e. The molecule has 0 unspecified atom stereocenters. The second kappa shape index (κ2) is 9.24. The molecule has 0 radical (unpaired) electrons. The van der Waals surface area contributed by atoms with Gasteiger partial charge in [-0.3, -0.25) is 4.79 Å². The molecular weight excluding hydrogens is 393 g/mol. The summed E-state index contributed by atoms with van der Waals surface area (Å²) < 4.78 is 16.0. The summed E-state index contributed by atoms with van der Waals surface area (Å²) in [5.41, 5.74) is 5.30.